The number of ether oxygens (including phenoxy) is 3. The number of esters is 1. The number of methoxy groups -OCH3 is 1. The predicted octanol–water partition coefficient (Wildman–Crippen LogP) is 6.36. The number of halogens is 1. The number of thiophene rings is 1. The summed E-state index contributed by atoms with van der Waals surface area (Å²) in [5, 5.41) is 4.21. The highest BCUT2D eigenvalue weighted by molar-refractivity contribution is 9.10. The molecule has 1 atom stereocenters. The number of benzene rings is 3. The largest absolute Gasteiger partial charge is 0.493 e. The third-order valence-corrected chi connectivity index (χ3v) is 9.63. The standard InChI is InChI=1S/C33H27BrN2O5S2/c1-4-40-32(38)28-19(2)35-33-36(29(28)26-13-8-14-42-26)31(37)27(43-33)17-20-15-24(34)30(25(16-20)39-3)41-18-22-11-7-10-21-9-5-6-12-23(21)22/h5-17,29H,4,18H2,1-3H3/b27-17-/t29-/m0/s1. The molecule has 0 N–H and O–H groups in total. The molecule has 0 aliphatic carbocycles. The Morgan fingerprint density at radius 1 is 1.12 bits per heavy atom. The Morgan fingerprint density at radius 2 is 1.93 bits per heavy atom. The van der Waals surface area contributed by atoms with Crippen molar-refractivity contribution in [3.05, 3.63) is 124 Å². The zero-order chi connectivity index (χ0) is 30.1. The third-order valence-electron chi connectivity index (χ3n) is 7.13. The molecule has 7 nitrogen and oxygen atoms in total. The van der Waals surface area contributed by atoms with Gasteiger partial charge < -0.3 is 14.2 Å². The van der Waals surface area contributed by atoms with Crippen LogP contribution in [0.5, 0.6) is 11.5 Å². The number of fused-ring (bicyclic) bond motifs is 2. The van der Waals surface area contributed by atoms with Crippen molar-refractivity contribution in [2.75, 3.05) is 13.7 Å². The summed E-state index contributed by atoms with van der Waals surface area (Å²) in [7, 11) is 1.59. The Morgan fingerprint density at radius 3 is 2.70 bits per heavy atom. The van der Waals surface area contributed by atoms with Crippen LogP contribution >= 0.6 is 38.6 Å². The van der Waals surface area contributed by atoms with Gasteiger partial charge in [-0.2, -0.15) is 0 Å². The number of hydrogen-bond donors (Lipinski definition) is 0. The summed E-state index contributed by atoms with van der Waals surface area (Å²) in [5.41, 5.74) is 2.50. The van der Waals surface area contributed by atoms with E-state index in [0.717, 1.165) is 26.8 Å². The molecule has 3 aromatic carbocycles. The Balaban J connectivity index is 1.38. The van der Waals surface area contributed by atoms with E-state index in [-0.39, 0.29) is 12.2 Å². The molecular formula is C33H27BrN2O5S2. The van der Waals surface area contributed by atoms with Crippen LogP contribution in [0.3, 0.4) is 0 Å². The van der Waals surface area contributed by atoms with Crippen LogP contribution in [0.4, 0.5) is 0 Å². The van der Waals surface area contributed by atoms with E-state index in [9.17, 15) is 9.59 Å². The summed E-state index contributed by atoms with van der Waals surface area (Å²) >= 11 is 6.42. The molecular weight excluding hydrogens is 648 g/mol. The molecule has 0 bridgehead atoms. The van der Waals surface area contributed by atoms with E-state index in [1.165, 1.54) is 22.7 Å². The smallest absolute Gasteiger partial charge is 0.338 e. The lowest BCUT2D eigenvalue weighted by Gasteiger charge is -2.23. The summed E-state index contributed by atoms with van der Waals surface area (Å²) < 4.78 is 20.1. The first-order chi connectivity index (χ1) is 20.9. The first kappa shape index (κ1) is 29.1. The Bertz CT molecular complexity index is 2060. The van der Waals surface area contributed by atoms with E-state index in [1.54, 1.807) is 31.6 Å². The molecule has 10 heteroatoms. The van der Waals surface area contributed by atoms with Crippen LogP contribution in [-0.2, 0) is 16.1 Å². The average Bonchev–Trinajstić information content (AvgIpc) is 3.64. The maximum absolute atomic E-state index is 13.9. The molecule has 2 aromatic heterocycles. The van der Waals surface area contributed by atoms with Crippen LogP contribution in [0.15, 0.2) is 97.6 Å². The minimum atomic E-state index is -0.608. The molecule has 0 amide bonds. The number of hydrogen-bond acceptors (Lipinski definition) is 8. The van der Waals surface area contributed by atoms with Gasteiger partial charge in [0.05, 0.1) is 34.0 Å². The van der Waals surface area contributed by atoms with Crippen LogP contribution in [0, 0.1) is 0 Å². The number of rotatable bonds is 8. The fourth-order valence-corrected chi connectivity index (χ4v) is 7.63. The van der Waals surface area contributed by atoms with Gasteiger partial charge in [-0.05, 0) is 81.3 Å². The van der Waals surface area contributed by atoms with Crippen LogP contribution in [-0.4, -0.2) is 24.3 Å². The average molecular weight is 676 g/mol. The SMILES string of the molecule is CCOC(=O)C1=C(C)N=c2s/c(=C\c3cc(Br)c(OCc4cccc5ccccc45)c(OC)c3)c(=O)n2[C@H]1c1cccs1. The van der Waals surface area contributed by atoms with E-state index in [4.69, 9.17) is 14.2 Å². The van der Waals surface area contributed by atoms with Crippen LogP contribution < -0.4 is 24.4 Å². The lowest BCUT2D eigenvalue weighted by Crippen LogP contribution is -2.39. The Kier molecular flexibility index (Phi) is 8.34. The summed E-state index contributed by atoms with van der Waals surface area (Å²) in [6.45, 7) is 4.13. The molecule has 5 aromatic rings. The van der Waals surface area contributed by atoms with Gasteiger partial charge in [0.25, 0.3) is 5.56 Å². The van der Waals surface area contributed by atoms with Gasteiger partial charge in [0.15, 0.2) is 16.3 Å². The first-order valence-electron chi connectivity index (χ1n) is 13.6. The third kappa shape index (κ3) is 5.58. The number of carbonyl (C=O) groups excluding carboxylic acids is 1. The second kappa shape index (κ2) is 12.3. The van der Waals surface area contributed by atoms with Crippen LogP contribution in [0.25, 0.3) is 16.8 Å². The second-order valence-corrected chi connectivity index (χ2v) is 12.6. The van der Waals surface area contributed by atoms with Crippen molar-refractivity contribution in [1.82, 2.24) is 4.57 Å². The van der Waals surface area contributed by atoms with E-state index in [0.29, 0.717) is 43.2 Å². The second-order valence-electron chi connectivity index (χ2n) is 9.78. The summed E-state index contributed by atoms with van der Waals surface area (Å²) in [6.07, 6.45) is 1.81. The van der Waals surface area contributed by atoms with Crippen molar-refractivity contribution >= 4 is 61.4 Å². The molecule has 0 unspecified atom stereocenters. The van der Waals surface area contributed by atoms with Crippen molar-refractivity contribution in [3.8, 4) is 11.5 Å². The summed E-state index contributed by atoms with van der Waals surface area (Å²) in [4.78, 5) is 32.9. The van der Waals surface area contributed by atoms with Gasteiger partial charge in [-0.25, -0.2) is 9.79 Å². The number of allylic oxidation sites excluding steroid dienone is 1. The highest BCUT2D eigenvalue weighted by atomic mass is 79.9. The molecule has 43 heavy (non-hydrogen) atoms. The minimum Gasteiger partial charge on any atom is -0.493 e. The lowest BCUT2D eigenvalue weighted by atomic mass is 10.0. The molecule has 0 spiro atoms. The van der Waals surface area contributed by atoms with Crippen LogP contribution in [0.2, 0.25) is 0 Å². The monoisotopic (exact) mass is 674 g/mol. The zero-order valence-electron chi connectivity index (χ0n) is 23.6. The van der Waals surface area contributed by atoms with Crippen molar-refractivity contribution < 1.29 is 19.0 Å². The first-order valence-corrected chi connectivity index (χ1v) is 16.1. The van der Waals surface area contributed by atoms with E-state index in [2.05, 4.69) is 45.2 Å². The van der Waals surface area contributed by atoms with E-state index < -0.39 is 12.0 Å². The molecule has 3 heterocycles. The number of thiazole rings is 1. The highest BCUT2D eigenvalue weighted by Crippen LogP contribution is 2.38. The van der Waals surface area contributed by atoms with Gasteiger partial charge in [0.2, 0.25) is 0 Å². The maximum Gasteiger partial charge on any atom is 0.338 e. The van der Waals surface area contributed by atoms with Gasteiger partial charge in [0.1, 0.15) is 12.6 Å². The van der Waals surface area contributed by atoms with Crippen molar-refractivity contribution in [2.45, 2.75) is 26.5 Å². The molecule has 0 radical (unpaired) electrons. The maximum atomic E-state index is 13.9. The molecule has 1 aliphatic rings. The molecule has 218 valence electrons. The number of carbonyl (C=O) groups is 1. The Labute approximate surface area is 264 Å². The Hall–Kier alpha value is -3.99. The van der Waals surface area contributed by atoms with Gasteiger partial charge >= 0.3 is 5.97 Å². The van der Waals surface area contributed by atoms with Crippen LogP contribution in [0.1, 0.15) is 35.9 Å². The highest BCUT2D eigenvalue weighted by Gasteiger charge is 2.33. The topological polar surface area (TPSA) is 79.1 Å². The molecule has 1 aliphatic heterocycles. The number of nitrogens with zero attached hydrogens (tertiary/aromatic N) is 2. The fourth-order valence-electron chi connectivity index (χ4n) is 5.19. The minimum absolute atomic E-state index is 0.232. The van der Waals surface area contributed by atoms with Gasteiger partial charge in [-0.15, -0.1) is 11.3 Å². The summed E-state index contributed by atoms with van der Waals surface area (Å²) in [5.74, 6) is 0.635. The van der Waals surface area contributed by atoms with Gasteiger partial charge in [-0.1, -0.05) is 59.9 Å². The predicted molar refractivity (Wildman–Crippen MR) is 174 cm³/mol. The van der Waals surface area contributed by atoms with Gasteiger partial charge in [-0.3, -0.25) is 9.36 Å². The zero-order valence-corrected chi connectivity index (χ0v) is 26.8. The fraction of sp³-hybridized carbons (Fsp3) is 0.182. The molecule has 0 saturated heterocycles. The molecule has 0 saturated carbocycles. The quantitative estimate of drug-likeness (QED) is 0.179. The van der Waals surface area contributed by atoms with Crippen molar-refractivity contribution in [1.29, 1.82) is 0 Å². The van der Waals surface area contributed by atoms with Gasteiger partial charge in [0, 0.05) is 4.88 Å². The molecule has 0 fully saturated rings. The lowest BCUT2D eigenvalue weighted by molar-refractivity contribution is -0.139. The van der Waals surface area contributed by atoms with Crippen molar-refractivity contribution in [2.24, 2.45) is 4.99 Å². The van der Waals surface area contributed by atoms with Crippen molar-refractivity contribution in [3.63, 3.8) is 0 Å². The normalized spacial score (nSPS) is 14.9. The van der Waals surface area contributed by atoms with E-state index >= 15 is 0 Å². The van der Waals surface area contributed by atoms with E-state index in [1.807, 2.05) is 47.8 Å². The molecule has 6 rings (SSSR count). The summed E-state index contributed by atoms with van der Waals surface area (Å²) in [6, 6.07) is 21.3. The number of aromatic nitrogens is 1.